The summed E-state index contributed by atoms with van der Waals surface area (Å²) in [5.74, 6) is -4.99. The van der Waals surface area contributed by atoms with Crippen LogP contribution in [-0.2, 0) is 19.7 Å². The number of carbonyl (C=O) groups is 2. The van der Waals surface area contributed by atoms with E-state index in [4.69, 9.17) is 0 Å². The van der Waals surface area contributed by atoms with Crippen LogP contribution in [0.5, 0.6) is 0 Å². The molecule has 0 saturated carbocycles. The van der Waals surface area contributed by atoms with E-state index in [-0.39, 0.29) is 43.8 Å². The van der Waals surface area contributed by atoms with Crippen molar-refractivity contribution < 1.29 is 63.8 Å². The summed E-state index contributed by atoms with van der Waals surface area (Å²) < 4.78 is 29.9. The molecule has 0 rings (SSSR count). The van der Waals surface area contributed by atoms with E-state index >= 15 is 0 Å². The third-order valence-electron chi connectivity index (χ3n) is 3.43. The molecule has 0 aromatic carbocycles. The van der Waals surface area contributed by atoms with Crippen molar-refractivity contribution in [2.24, 2.45) is 5.92 Å². The van der Waals surface area contributed by atoms with E-state index in [2.05, 4.69) is 0 Å². The van der Waals surface area contributed by atoms with E-state index in [1.54, 1.807) is 13.8 Å². The first kappa shape index (κ1) is 23.1. The maximum atomic E-state index is 11.6. The van der Waals surface area contributed by atoms with Crippen molar-refractivity contribution >= 4 is 22.1 Å². The molecule has 2 unspecified atom stereocenters. The zero-order chi connectivity index (χ0) is 16.0. The summed E-state index contributed by atoms with van der Waals surface area (Å²) in [6, 6.07) is 0. The zero-order valence-electron chi connectivity index (χ0n) is 13.7. The van der Waals surface area contributed by atoms with Crippen LogP contribution in [-0.4, -0.2) is 39.9 Å². The Morgan fingerprint density at radius 3 is 1.90 bits per heavy atom. The van der Waals surface area contributed by atoms with Crippen LogP contribution < -0.4 is 29.6 Å². The molecule has 0 heterocycles. The molecule has 0 aliphatic carbocycles. The second-order valence-corrected chi connectivity index (χ2v) is 6.48. The molecule has 0 radical (unpaired) electrons. The van der Waals surface area contributed by atoms with Crippen LogP contribution in [0.2, 0.25) is 0 Å². The topological polar surface area (TPSA) is 129 Å². The van der Waals surface area contributed by atoms with Gasteiger partial charge in [0.2, 0.25) is 4.75 Å². The molecule has 21 heavy (non-hydrogen) atoms. The molecule has 0 amide bonds. The van der Waals surface area contributed by atoms with Crippen molar-refractivity contribution in [3.05, 3.63) is 0 Å². The predicted molar refractivity (Wildman–Crippen MR) is 73.2 cm³/mol. The number of rotatable bonds is 10. The monoisotopic (exact) mass is 334 g/mol. The minimum absolute atomic E-state index is 0. The van der Waals surface area contributed by atoms with E-state index in [9.17, 15) is 32.8 Å². The molecule has 9 heteroatoms. The van der Waals surface area contributed by atoms with Crippen molar-refractivity contribution in [1.29, 1.82) is 0 Å². The van der Waals surface area contributed by atoms with Gasteiger partial charge in [-0.1, -0.05) is 39.5 Å². The first-order valence-electron chi connectivity index (χ1n) is 6.58. The minimum Gasteiger partial charge on any atom is -1.00 e. The van der Waals surface area contributed by atoms with Gasteiger partial charge < -0.3 is 11.6 Å². The molecule has 7 nitrogen and oxygen atoms in total. The summed E-state index contributed by atoms with van der Waals surface area (Å²) in [5, 5.41) is 18.5. The van der Waals surface area contributed by atoms with Gasteiger partial charge in [0.1, 0.15) is 0 Å². The molecule has 120 valence electrons. The Bertz CT molecular complexity index is 454. The van der Waals surface area contributed by atoms with E-state index < -0.39 is 39.1 Å². The summed E-state index contributed by atoms with van der Waals surface area (Å²) in [7, 11) is -5.05. The van der Waals surface area contributed by atoms with Gasteiger partial charge in [-0.2, -0.15) is 8.42 Å². The van der Waals surface area contributed by atoms with Crippen molar-refractivity contribution in [3.8, 4) is 0 Å². The third kappa shape index (κ3) is 5.52. The van der Waals surface area contributed by atoms with E-state index in [0.717, 1.165) is 0 Å². The third-order valence-corrected chi connectivity index (χ3v) is 5.02. The van der Waals surface area contributed by atoms with Crippen LogP contribution in [0.25, 0.3) is 0 Å². The molecule has 0 aromatic heterocycles. The van der Waals surface area contributed by atoms with E-state index in [0.29, 0.717) is 19.3 Å². The predicted octanol–water partition coefficient (Wildman–Crippen LogP) is -1.10. The van der Waals surface area contributed by atoms with Gasteiger partial charge in [0.05, 0.1) is 5.92 Å². The average molecular weight is 334 g/mol. The molecule has 0 aromatic rings. The summed E-state index contributed by atoms with van der Waals surface area (Å²) in [5.41, 5.74) is 0. The summed E-state index contributed by atoms with van der Waals surface area (Å²) in [6.45, 7) is 3.50. The Kier molecular flexibility index (Phi) is 10.8. The molecule has 0 bridgehead atoms. The normalized spacial score (nSPS) is 15.6. The number of aliphatic carboxylic acids is 2. The van der Waals surface area contributed by atoms with Crippen molar-refractivity contribution in [1.82, 2.24) is 0 Å². The van der Waals surface area contributed by atoms with Gasteiger partial charge in [0, 0.05) is 0 Å². The van der Waals surface area contributed by atoms with Gasteiger partial charge in [0.25, 0.3) is 10.1 Å². The Labute approximate surface area is 148 Å². The van der Waals surface area contributed by atoms with Crippen LogP contribution >= 0.6 is 0 Å². The summed E-state index contributed by atoms with van der Waals surface area (Å²) in [6.07, 6.45) is 1.12. The molecular formula is C12H23NaO7S. The van der Waals surface area contributed by atoms with Gasteiger partial charge in [-0.05, 0) is 12.8 Å². The van der Waals surface area contributed by atoms with Gasteiger partial charge in [-0.25, -0.2) is 0 Å². The molecule has 0 aliphatic rings. The van der Waals surface area contributed by atoms with Gasteiger partial charge in [0.15, 0.2) is 0 Å². The van der Waals surface area contributed by atoms with Crippen LogP contribution in [0.3, 0.4) is 0 Å². The Morgan fingerprint density at radius 2 is 1.62 bits per heavy atom. The van der Waals surface area contributed by atoms with Crippen LogP contribution in [0, 0.1) is 5.92 Å². The fourth-order valence-corrected chi connectivity index (χ4v) is 3.45. The first-order chi connectivity index (χ1) is 9.15. The van der Waals surface area contributed by atoms with Crippen molar-refractivity contribution in [3.63, 3.8) is 0 Å². The maximum absolute atomic E-state index is 11.6. The van der Waals surface area contributed by atoms with Crippen LogP contribution in [0.4, 0.5) is 0 Å². The summed E-state index contributed by atoms with van der Waals surface area (Å²) in [4.78, 5) is 22.8. The Morgan fingerprint density at radius 1 is 1.14 bits per heavy atom. The smallest absolute Gasteiger partial charge is 1.00 e. The number of carboxylic acid groups (broad SMARTS) is 2. The largest absolute Gasteiger partial charge is 1.00 e. The van der Waals surface area contributed by atoms with Gasteiger partial charge >= 0.3 is 41.5 Å². The molecule has 2 atom stereocenters. The molecule has 3 N–H and O–H groups in total. The van der Waals surface area contributed by atoms with Crippen molar-refractivity contribution in [2.75, 3.05) is 0 Å². The second kappa shape index (κ2) is 9.78. The SMILES string of the molecule is CCCCC(C(=O)O)C(CCCC)(C(=O)O)S(=O)(=O)O.[H-].[Na+]. The zero-order valence-corrected chi connectivity index (χ0v) is 15.5. The van der Waals surface area contributed by atoms with Gasteiger partial charge in [-0.3, -0.25) is 14.1 Å². The second-order valence-electron chi connectivity index (χ2n) is 4.81. The first-order valence-corrected chi connectivity index (χ1v) is 8.02. The molecule has 0 aliphatic heterocycles. The molecular weight excluding hydrogens is 311 g/mol. The standard InChI is InChI=1S/C12H22O7S.Na.H/c1-3-5-7-9(10(13)14)12(11(15)16,8-6-4-2)20(17,18)19;;/h9H,3-8H2,1-2H3,(H,13,14)(H,15,16)(H,17,18,19);;/q;+1;-1. The number of hydrogen-bond donors (Lipinski definition) is 3. The quantitative estimate of drug-likeness (QED) is 0.341. The van der Waals surface area contributed by atoms with E-state index in [1.165, 1.54) is 0 Å². The average Bonchev–Trinajstić information content (AvgIpc) is 2.30. The summed E-state index contributed by atoms with van der Waals surface area (Å²) >= 11 is 0. The Hall–Kier alpha value is -0.150. The van der Waals surface area contributed by atoms with Gasteiger partial charge in [-0.15, -0.1) is 0 Å². The van der Waals surface area contributed by atoms with E-state index in [1.807, 2.05) is 0 Å². The van der Waals surface area contributed by atoms with Crippen LogP contribution in [0.1, 0.15) is 53.8 Å². The molecule has 0 fully saturated rings. The van der Waals surface area contributed by atoms with Crippen molar-refractivity contribution in [2.45, 2.75) is 57.1 Å². The minimum atomic E-state index is -5.05. The molecule has 0 saturated heterocycles. The maximum Gasteiger partial charge on any atom is 1.00 e. The van der Waals surface area contributed by atoms with Crippen LogP contribution in [0.15, 0.2) is 0 Å². The number of carboxylic acids is 2. The fourth-order valence-electron chi connectivity index (χ4n) is 2.25. The fraction of sp³-hybridized carbons (Fsp3) is 0.833. The Balaban J connectivity index is -0.00000180. The number of unbranched alkanes of at least 4 members (excludes halogenated alkanes) is 2. The molecule has 0 spiro atoms. The number of hydrogen-bond acceptors (Lipinski definition) is 4.